The van der Waals surface area contributed by atoms with Crippen LogP contribution in [0, 0.1) is 0 Å². The molecule has 0 aromatic rings. The van der Waals surface area contributed by atoms with Gasteiger partial charge < -0.3 is 5.64 Å². The van der Waals surface area contributed by atoms with Gasteiger partial charge in [0.25, 0.3) is 0 Å². The van der Waals surface area contributed by atoms with E-state index in [0.29, 0.717) is 0 Å². The lowest BCUT2D eigenvalue weighted by atomic mass is 9.69. The number of nitrogens with two attached hydrogens (primary N) is 1. The predicted octanol–water partition coefficient (Wildman–Crippen LogP) is -0.466. The lowest BCUT2D eigenvalue weighted by Crippen LogP contribution is -2.07. The maximum absolute atomic E-state index is 4.84. The van der Waals surface area contributed by atoms with E-state index < -0.39 is 0 Å². The van der Waals surface area contributed by atoms with Crippen LogP contribution in [-0.4, -0.2) is 12.3 Å². The molecule has 0 amide bonds. The SMILES string of the molecule is N[B][B]I. The zero-order chi connectivity index (χ0) is 3.41. The van der Waals surface area contributed by atoms with Gasteiger partial charge in [-0.1, -0.05) is 0 Å². The third-order valence-electron chi connectivity index (χ3n) is 0.0727. The number of hydrogen-bond acceptors (Lipinski definition) is 1. The normalized spacial score (nSPS) is 5.50. The Labute approximate surface area is 40.7 Å². The second-order valence-corrected chi connectivity index (χ2v) is 1.04. The molecule has 0 aliphatic rings. The van der Waals surface area contributed by atoms with Gasteiger partial charge in [-0.2, -0.15) is 22.4 Å². The third-order valence-corrected chi connectivity index (χ3v) is 0.488. The molecular formula is H2B2IN. The molecule has 0 spiro atoms. The Morgan fingerprint density at radius 3 is 2.00 bits per heavy atom. The standard InChI is InChI=1S/B2H2IN/c3-1-2-4/h4H2. The van der Waals surface area contributed by atoms with Crippen molar-refractivity contribution in [3.05, 3.63) is 0 Å². The van der Waals surface area contributed by atoms with Gasteiger partial charge in [-0.15, -0.1) is 0 Å². The van der Waals surface area contributed by atoms with Crippen LogP contribution in [0.15, 0.2) is 0 Å². The molecule has 0 saturated carbocycles. The predicted molar refractivity (Wildman–Crippen MR) is 29.7 cm³/mol. The van der Waals surface area contributed by atoms with Crippen molar-refractivity contribution in [2.75, 3.05) is 0 Å². The topological polar surface area (TPSA) is 26.0 Å². The van der Waals surface area contributed by atoms with E-state index in [2.05, 4.69) is 0 Å². The van der Waals surface area contributed by atoms with E-state index in [0.717, 1.165) is 0 Å². The Balaban J connectivity index is 1.97. The van der Waals surface area contributed by atoms with E-state index in [1.54, 1.807) is 5.03 Å². The van der Waals surface area contributed by atoms with Gasteiger partial charge in [-0.3, -0.25) is 0 Å². The fourth-order valence-corrected chi connectivity index (χ4v) is 0. The summed E-state index contributed by atoms with van der Waals surface area (Å²) in [5, 5.41) is 1.75. The first-order chi connectivity index (χ1) is 1.91. The molecule has 0 bridgehead atoms. The van der Waals surface area contributed by atoms with Crippen LogP contribution in [0.25, 0.3) is 0 Å². The molecule has 20 valence electrons. The summed E-state index contributed by atoms with van der Waals surface area (Å²) in [6.07, 6.45) is 0. The molecule has 0 rings (SSSR count). The van der Waals surface area contributed by atoms with Crippen molar-refractivity contribution in [3.63, 3.8) is 0 Å². The summed E-state index contributed by atoms with van der Waals surface area (Å²) in [5.74, 6) is 0. The maximum Gasteiger partial charge on any atom is 0.176 e. The van der Waals surface area contributed by atoms with Gasteiger partial charge in [0.2, 0.25) is 0 Å². The average Bonchev–Trinajstić information content (AvgIpc) is 1.37. The molecule has 0 heterocycles. The lowest BCUT2D eigenvalue weighted by molar-refractivity contribution is 1.98. The smallest absolute Gasteiger partial charge is 0.176 e. The highest BCUT2D eigenvalue weighted by Gasteiger charge is 1.68. The van der Waals surface area contributed by atoms with Crippen LogP contribution in [0.5, 0.6) is 0 Å². The maximum atomic E-state index is 4.84. The zero-order valence-electron chi connectivity index (χ0n) is 2.11. The van der Waals surface area contributed by atoms with E-state index in [1.165, 1.54) is 7.31 Å². The molecule has 4 heavy (non-hydrogen) atoms. The van der Waals surface area contributed by atoms with Crippen LogP contribution in [0.4, 0.5) is 0 Å². The summed E-state index contributed by atoms with van der Waals surface area (Å²) in [6.45, 7) is 0. The minimum absolute atomic E-state index is 1.49. The van der Waals surface area contributed by atoms with Crippen molar-refractivity contribution in [2.24, 2.45) is 5.64 Å². The number of hydrogen-bond donors (Lipinski definition) is 1. The van der Waals surface area contributed by atoms with Gasteiger partial charge in [0, 0.05) is 0 Å². The van der Waals surface area contributed by atoms with E-state index in [-0.39, 0.29) is 0 Å². The first kappa shape index (κ1) is 4.82. The van der Waals surface area contributed by atoms with Gasteiger partial charge >= 0.3 is 0 Å². The fraction of sp³-hybridized carbons (Fsp3) is 0. The summed E-state index contributed by atoms with van der Waals surface area (Å²) < 4.78 is 0. The van der Waals surface area contributed by atoms with Crippen molar-refractivity contribution in [1.82, 2.24) is 0 Å². The highest BCUT2D eigenvalue weighted by atomic mass is 127. The highest BCUT2D eigenvalue weighted by Crippen LogP contribution is 1.61. The first-order valence-electron chi connectivity index (χ1n) is 0.885. The third kappa shape index (κ3) is 2.82. The summed E-state index contributed by atoms with van der Waals surface area (Å²) in [5.41, 5.74) is 4.84. The van der Waals surface area contributed by atoms with Gasteiger partial charge in [-0.25, -0.2) is 0 Å². The van der Waals surface area contributed by atoms with Crippen molar-refractivity contribution in [2.45, 2.75) is 0 Å². The molecule has 0 aliphatic carbocycles. The largest absolute Gasteiger partial charge is 0.380 e. The fourth-order valence-electron chi connectivity index (χ4n) is 0. The van der Waals surface area contributed by atoms with E-state index in [9.17, 15) is 0 Å². The van der Waals surface area contributed by atoms with Crippen LogP contribution in [0.1, 0.15) is 0 Å². The summed E-state index contributed by atoms with van der Waals surface area (Å²) in [6, 6.07) is 0. The monoisotopic (exact) mass is 165 g/mol. The molecule has 0 atom stereocenters. The highest BCUT2D eigenvalue weighted by molar-refractivity contribution is 14.1. The quantitative estimate of drug-likeness (QED) is 0.412. The molecule has 0 saturated heterocycles. The molecule has 0 aromatic heterocycles. The minimum atomic E-state index is 1.49. The van der Waals surface area contributed by atoms with E-state index >= 15 is 0 Å². The Morgan fingerprint density at radius 2 is 2.00 bits per heavy atom. The van der Waals surface area contributed by atoms with Gasteiger partial charge in [0.1, 0.15) is 0 Å². The number of rotatable bonds is 1. The van der Waals surface area contributed by atoms with E-state index in [4.69, 9.17) is 5.64 Å². The molecule has 4 heteroatoms. The van der Waals surface area contributed by atoms with Crippen LogP contribution in [0.2, 0.25) is 0 Å². The Bertz CT molecular complexity index is 8.00. The summed E-state index contributed by atoms with van der Waals surface area (Å²) >= 11 is 2.05. The van der Waals surface area contributed by atoms with Crippen molar-refractivity contribution >= 4 is 34.7 Å². The molecule has 0 aromatic carbocycles. The lowest BCUT2D eigenvalue weighted by Gasteiger charge is -1.59. The van der Waals surface area contributed by atoms with Crippen molar-refractivity contribution < 1.29 is 0 Å². The number of halogens is 1. The Hall–Kier alpha value is 0.820. The second-order valence-electron chi connectivity index (χ2n) is 0.318. The van der Waals surface area contributed by atoms with Crippen LogP contribution in [-0.2, 0) is 0 Å². The molecule has 1 nitrogen and oxygen atoms in total. The second kappa shape index (κ2) is 3.82. The Morgan fingerprint density at radius 1 is 1.75 bits per heavy atom. The summed E-state index contributed by atoms with van der Waals surface area (Å²) in [4.78, 5) is 0. The molecule has 2 radical (unpaired) electrons. The zero-order valence-corrected chi connectivity index (χ0v) is 4.27. The minimum Gasteiger partial charge on any atom is -0.380 e. The summed E-state index contributed by atoms with van der Waals surface area (Å²) in [7, 11) is 1.49. The van der Waals surface area contributed by atoms with Crippen molar-refractivity contribution in [1.29, 1.82) is 0 Å². The van der Waals surface area contributed by atoms with Gasteiger partial charge in [0.15, 0.2) is 12.3 Å². The molecule has 0 fully saturated rings. The molecule has 2 N–H and O–H groups in total. The van der Waals surface area contributed by atoms with Gasteiger partial charge in [-0.05, 0) is 0 Å². The van der Waals surface area contributed by atoms with Crippen LogP contribution >= 0.6 is 22.4 Å². The van der Waals surface area contributed by atoms with E-state index in [1.807, 2.05) is 22.4 Å². The average molecular weight is 165 g/mol. The van der Waals surface area contributed by atoms with Gasteiger partial charge in [0.05, 0.1) is 0 Å². The molecular weight excluding hydrogens is 163 g/mol. The Kier molecular flexibility index (Phi) is 4.60. The van der Waals surface area contributed by atoms with Crippen LogP contribution in [0.3, 0.4) is 0 Å². The van der Waals surface area contributed by atoms with Crippen molar-refractivity contribution in [3.8, 4) is 0 Å². The molecule has 0 aliphatic heterocycles. The molecule has 0 unspecified atom stereocenters. The van der Waals surface area contributed by atoms with Crippen LogP contribution < -0.4 is 5.64 Å². The first-order valence-corrected chi connectivity index (χ1v) is 2.13.